The van der Waals surface area contributed by atoms with E-state index in [-0.39, 0.29) is 6.04 Å². The predicted octanol–water partition coefficient (Wildman–Crippen LogP) is 3.16. The van der Waals surface area contributed by atoms with Crippen LogP contribution in [0, 0.1) is 11.3 Å². The first-order valence-electron chi connectivity index (χ1n) is 8.05. The lowest BCUT2D eigenvalue weighted by Gasteiger charge is -2.27. The van der Waals surface area contributed by atoms with Crippen molar-refractivity contribution in [2.24, 2.45) is 0 Å². The number of ether oxygens (including phenoxy) is 1. The molecule has 4 nitrogen and oxygen atoms in total. The van der Waals surface area contributed by atoms with Gasteiger partial charge in [0.25, 0.3) is 0 Å². The molecular formula is C20H24N2O2. The monoisotopic (exact) mass is 324 g/mol. The third-order valence-corrected chi connectivity index (χ3v) is 4.35. The van der Waals surface area contributed by atoms with Crippen LogP contribution in [0.15, 0.2) is 48.5 Å². The van der Waals surface area contributed by atoms with E-state index in [1.807, 2.05) is 37.4 Å². The molecule has 1 N–H and O–H groups in total. The fourth-order valence-electron chi connectivity index (χ4n) is 2.68. The van der Waals surface area contributed by atoms with Crippen LogP contribution in [0.3, 0.4) is 0 Å². The first-order chi connectivity index (χ1) is 11.5. The minimum atomic E-state index is -0.581. The Morgan fingerprint density at radius 2 is 1.83 bits per heavy atom. The fraction of sp³-hybridized carbons (Fsp3) is 0.350. The van der Waals surface area contributed by atoms with Gasteiger partial charge in [-0.05, 0) is 49.7 Å². The number of benzene rings is 2. The van der Waals surface area contributed by atoms with Gasteiger partial charge in [-0.2, -0.15) is 5.26 Å². The molecule has 0 fully saturated rings. The van der Waals surface area contributed by atoms with Gasteiger partial charge < -0.3 is 14.7 Å². The molecule has 0 heterocycles. The van der Waals surface area contributed by atoms with Crippen LogP contribution in [0.2, 0.25) is 0 Å². The zero-order valence-electron chi connectivity index (χ0n) is 14.4. The summed E-state index contributed by atoms with van der Waals surface area (Å²) in [4.78, 5) is 2.13. The highest BCUT2D eigenvalue weighted by Gasteiger charge is 2.17. The Morgan fingerprint density at radius 3 is 2.46 bits per heavy atom. The van der Waals surface area contributed by atoms with E-state index < -0.39 is 6.10 Å². The van der Waals surface area contributed by atoms with E-state index in [1.54, 1.807) is 19.2 Å². The van der Waals surface area contributed by atoms with Crippen LogP contribution in [0.4, 0.5) is 0 Å². The molecule has 0 saturated carbocycles. The maximum absolute atomic E-state index is 10.4. The van der Waals surface area contributed by atoms with Gasteiger partial charge in [0.1, 0.15) is 5.75 Å². The molecule has 0 aliphatic carbocycles. The van der Waals surface area contributed by atoms with Crippen LogP contribution in [0.1, 0.15) is 29.7 Å². The van der Waals surface area contributed by atoms with Gasteiger partial charge >= 0.3 is 0 Å². The summed E-state index contributed by atoms with van der Waals surface area (Å²) in [7, 11) is 3.69. The largest absolute Gasteiger partial charge is 0.496 e. The smallest absolute Gasteiger partial charge is 0.122 e. The van der Waals surface area contributed by atoms with E-state index in [0.29, 0.717) is 12.1 Å². The summed E-state index contributed by atoms with van der Waals surface area (Å²) in [5.41, 5.74) is 2.58. The average Bonchev–Trinajstić information content (AvgIpc) is 2.62. The molecule has 24 heavy (non-hydrogen) atoms. The minimum absolute atomic E-state index is 0.259. The molecule has 0 spiro atoms. The zero-order chi connectivity index (χ0) is 17.5. The number of aliphatic hydroxyl groups is 1. The SMILES string of the molecule is COc1ccccc1CC(C)N(C)CC(O)c1ccc(C#N)cc1. The van der Waals surface area contributed by atoms with Gasteiger partial charge in [-0.3, -0.25) is 0 Å². The predicted molar refractivity (Wildman–Crippen MR) is 94.9 cm³/mol. The normalized spacial score (nSPS) is 13.3. The van der Waals surface area contributed by atoms with E-state index in [0.717, 1.165) is 23.3 Å². The molecule has 2 aromatic rings. The van der Waals surface area contributed by atoms with Gasteiger partial charge in [-0.25, -0.2) is 0 Å². The lowest BCUT2D eigenvalue weighted by Crippen LogP contribution is -2.34. The molecule has 0 bridgehead atoms. The summed E-state index contributed by atoms with van der Waals surface area (Å²) in [6.45, 7) is 2.67. The summed E-state index contributed by atoms with van der Waals surface area (Å²) in [5, 5.41) is 19.3. The van der Waals surface area contributed by atoms with Gasteiger partial charge in [-0.1, -0.05) is 30.3 Å². The number of rotatable bonds is 7. The van der Waals surface area contributed by atoms with E-state index in [4.69, 9.17) is 10.00 Å². The number of hydrogen-bond donors (Lipinski definition) is 1. The molecule has 2 aromatic carbocycles. The molecule has 0 aliphatic rings. The van der Waals surface area contributed by atoms with Crippen LogP contribution < -0.4 is 4.74 Å². The topological polar surface area (TPSA) is 56.5 Å². The van der Waals surface area contributed by atoms with Crippen LogP contribution in [-0.2, 0) is 6.42 Å². The Balaban J connectivity index is 1.97. The summed E-state index contributed by atoms with van der Waals surface area (Å²) >= 11 is 0. The van der Waals surface area contributed by atoms with Gasteiger partial charge in [0.2, 0.25) is 0 Å². The van der Waals surface area contributed by atoms with Crippen LogP contribution in [0.5, 0.6) is 5.75 Å². The number of nitriles is 1. The van der Waals surface area contributed by atoms with Crippen molar-refractivity contribution in [1.29, 1.82) is 5.26 Å². The van der Waals surface area contributed by atoms with Gasteiger partial charge in [0.05, 0.1) is 24.8 Å². The maximum Gasteiger partial charge on any atom is 0.122 e. The van der Waals surface area contributed by atoms with Crippen molar-refractivity contribution in [1.82, 2.24) is 4.90 Å². The highest BCUT2D eigenvalue weighted by Crippen LogP contribution is 2.21. The lowest BCUT2D eigenvalue weighted by molar-refractivity contribution is 0.108. The molecule has 0 aliphatic heterocycles. The minimum Gasteiger partial charge on any atom is -0.496 e. The Kier molecular flexibility index (Phi) is 6.36. The second-order valence-corrected chi connectivity index (χ2v) is 6.05. The van der Waals surface area contributed by atoms with Crippen molar-refractivity contribution in [3.05, 3.63) is 65.2 Å². The highest BCUT2D eigenvalue weighted by molar-refractivity contribution is 5.34. The molecule has 0 aromatic heterocycles. The second kappa shape index (κ2) is 8.49. The summed E-state index contributed by atoms with van der Waals surface area (Å²) in [6.07, 6.45) is 0.267. The number of nitrogens with zero attached hydrogens (tertiary/aromatic N) is 2. The molecule has 2 unspecified atom stereocenters. The van der Waals surface area contributed by atoms with Crippen molar-refractivity contribution in [3.8, 4) is 11.8 Å². The van der Waals surface area contributed by atoms with Crippen molar-refractivity contribution in [3.63, 3.8) is 0 Å². The Morgan fingerprint density at radius 1 is 1.17 bits per heavy atom. The van der Waals surface area contributed by atoms with Crippen molar-refractivity contribution < 1.29 is 9.84 Å². The molecule has 0 radical (unpaired) electrons. The van der Waals surface area contributed by atoms with Crippen LogP contribution in [-0.4, -0.2) is 36.8 Å². The number of likely N-dealkylation sites (N-methyl/N-ethyl adjacent to an activating group) is 1. The molecule has 126 valence electrons. The third kappa shape index (κ3) is 4.58. The standard InChI is InChI=1S/C20H24N2O2/c1-15(12-18-6-4-5-7-20(18)24-3)22(2)14-19(23)17-10-8-16(13-21)9-11-17/h4-11,15,19,23H,12,14H2,1-3H3. The molecule has 2 rings (SSSR count). The lowest BCUT2D eigenvalue weighted by atomic mass is 10.0. The quantitative estimate of drug-likeness (QED) is 0.850. The summed E-state index contributed by atoms with van der Waals surface area (Å²) in [6, 6.07) is 17.4. The first-order valence-corrected chi connectivity index (χ1v) is 8.05. The Bertz CT molecular complexity index is 692. The average molecular weight is 324 g/mol. The third-order valence-electron chi connectivity index (χ3n) is 4.35. The van der Waals surface area contributed by atoms with E-state index >= 15 is 0 Å². The van der Waals surface area contributed by atoms with Crippen molar-refractivity contribution >= 4 is 0 Å². The maximum atomic E-state index is 10.4. The zero-order valence-corrected chi connectivity index (χ0v) is 14.4. The van der Waals surface area contributed by atoms with Crippen molar-refractivity contribution in [2.75, 3.05) is 20.7 Å². The fourth-order valence-corrected chi connectivity index (χ4v) is 2.68. The summed E-state index contributed by atoms with van der Waals surface area (Å²) in [5.74, 6) is 0.894. The number of para-hydroxylation sites is 1. The van der Waals surface area contributed by atoms with Gasteiger partial charge in [0.15, 0.2) is 0 Å². The molecule has 4 heteroatoms. The first kappa shape index (κ1) is 18.0. The number of methoxy groups -OCH3 is 1. The molecule has 2 atom stereocenters. The number of aliphatic hydroxyl groups excluding tert-OH is 1. The van der Waals surface area contributed by atoms with E-state index in [9.17, 15) is 5.11 Å². The Hall–Kier alpha value is -2.35. The van der Waals surface area contributed by atoms with E-state index in [2.05, 4.69) is 24.0 Å². The molecule has 0 amide bonds. The highest BCUT2D eigenvalue weighted by atomic mass is 16.5. The second-order valence-electron chi connectivity index (χ2n) is 6.05. The number of hydrogen-bond acceptors (Lipinski definition) is 4. The van der Waals surface area contributed by atoms with Crippen LogP contribution >= 0.6 is 0 Å². The summed E-state index contributed by atoms with van der Waals surface area (Å²) < 4.78 is 5.40. The van der Waals surface area contributed by atoms with E-state index in [1.165, 1.54) is 0 Å². The Labute approximate surface area is 143 Å². The van der Waals surface area contributed by atoms with Gasteiger partial charge in [-0.15, -0.1) is 0 Å². The van der Waals surface area contributed by atoms with Crippen molar-refractivity contribution in [2.45, 2.75) is 25.5 Å². The molecule has 0 saturated heterocycles. The van der Waals surface area contributed by atoms with Gasteiger partial charge in [0, 0.05) is 12.6 Å². The van der Waals surface area contributed by atoms with Crippen LogP contribution in [0.25, 0.3) is 0 Å². The molecular weight excluding hydrogens is 300 g/mol.